The van der Waals surface area contributed by atoms with Crippen LogP contribution in [0.4, 0.5) is 0 Å². The molecule has 0 bridgehead atoms. The third-order valence-electron chi connectivity index (χ3n) is 5.74. The zero-order valence-corrected chi connectivity index (χ0v) is 14.3. The van der Waals surface area contributed by atoms with Gasteiger partial charge in [-0.15, -0.1) is 0 Å². The number of rotatable bonds is 1. The quantitative estimate of drug-likeness (QED) is 0.804. The largest absolute Gasteiger partial charge is 0.388 e. The maximum absolute atomic E-state index is 13.3. The van der Waals surface area contributed by atoms with E-state index in [4.69, 9.17) is 4.84 Å². The van der Waals surface area contributed by atoms with E-state index < -0.39 is 0 Å². The van der Waals surface area contributed by atoms with Gasteiger partial charge in [0.05, 0.1) is 6.04 Å². The molecule has 0 spiro atoms. The van der Waals surface area contributed by atoms with Gasteiger partial charge in [0.25, 0.3) is 0 Å². The van der Waals surface area contributed by atoms with E-state index in [-0.39, 0.29) is 30.0 Å². The van der Waals surface area contributed by atoms with Crippen LogP contribution in [0, 0.1) is 12.8 Å². The molecule has 1 fully saturated rings. The molecule has 0 unspecified atom stereocenters. The molecule has 5 rings (SSSR count). The van der Waals surface area contributed by atoms with Crippen molar-refractivity contribution in [2.24, 2.45) is 11.1 Å². The highest BCUT2D eigenvalue weighted by Crippen LogP contribution is 2.48. The van der Waals surface area contributed by atoms with Gasteiger partial charge in [0.15, 0.2) is 6.10 Å². The van der Waals surface area contributed by atoms with Crippen molar-refractivity contribution < 1.29 is 9.63 Å². The number of oxime groups is 1. The summed E-state index contributed by atoms with van der Waals surface area (Å²) in [5.41, 5.74) is 5.47. The summed E-state index contributed by atoms with van der Waals surface area (Å²) in [5, 5.41) is 4.33. The van der Waals surface area contributed by atoms with Crippen molar-refractivity contribution in [3.05, 3.63) is 70.8 Å². The summed E-state index contributed by atoms with van der Waals surface area (Å²) in [4.78, 5) is 21.1. The summed E-state index contributed by atoms with van der Waals surface area (Å²) < 4.78 is 0. The molecule has 4 atom stereocenters. The zero-order valence-electron chi connectivity index (χ0n) is 14.3. The summed E-state index contributed by atoms with van der Waals surface area (Å²) in [6, 6.07) is 16.7. The molecule has 4 heteroatoms. The zero-order chi connectivity index (χ0) is 17.1. The van der Waals surface area contributed by atoms with Gasteiger partial charge in [-0.25, -0.2) is 0 Å². The van der Waals surface area contributed by atoms with Crippen molar-refractivity contribution in [3.63, 3.8) is 0 Å². The summed E-state index contributed by atoms with van der Waals surface area (Å²) >= 11 is 0. The Labute approximate surface area is 147 Å². The second-order valence-electron chi connectivity index (χ2n) is 7.33. The first-order valence-corrected chi connectivity index (χ1v) is 8.86. The lowest BCUT2D eigenvalue weighted by Crippen LogP contribution is -2.43. The van der Waals surface area contributed by atoms with E-state index in [9.17, 15) is 4.79 Å². The molecular formula is C21H20N2O2. The van der Waals surface area contributed by atoms with Crippen LogP contribution >= 0.6 is 0 Å². The maximum atomic E-state index is 13.3. The molecular weight excluding hydrogens is 312 g/mol. The molecule has 2 aromatic rings. The summed E-state index contributed by atoms with van der Waals surface area (Å²) in [7, 11) is 0. The fourth-order valence-electron chi connectivity index (χ4n) is 4.54. The molecule has 0 aromatic heterocycles. The number of carbonyl (C=O) groups is 1. The van der Waals surface area contributed by atoms with Crippen molar-refractivity contribution in [2.45, 2.75) is 38.5 Å². The van der Waals surface area contributed by atoms with Crippen LogP contribution in [-0.4, -0.2) is 28.7 Å². The van der Waals surface area contributed by atoms with Gasteiger partial charge in [0.1, 0.15) is 11.6 Å². The van der Waals surface area contributed by atoms with E-state index in [1.807, 2.05) is 23.1 Å². The van der Waals surface area contributed by atoms with Crippen LogP contribution < -0.4 is 0 Å². The van der Waals surface area contributed by atoms with Gasteiger partial charge >= 0.3 is 0 Å². The lowest BCUT2D eigenvalue weighted by Gasteiger charge is -2.38. The average molecular weight is 332 g/mol. The number of amides is 1. The van der Waals surface area contributed by atoms with Crippen molar-refractivity contribution in [1.29, 1.82) is 0 Å². The monoisotopic (exact) mass is 332 g/mol. The van der Waals surface area contributed by atoms with Gasteiger partial charge in [0.2, 0.25) is 5.91 Å². The van der Waals surface area contributed by atoms with Crippen molar-refractivity contribution in [3.8, 4) is 0 Å². The first-order valence-electron chi connectivity index (χ1n) is 8.86. The average Bonchev–Trinajstić information content (AvgIpc) is 3.16. The van der Waals surface area contributed by atoms with Gasteiger partial charge in [0, 0.05) is 11.6 Å². The first kappa shape index (κ1) is 14.7. The van der Waals surface area contributed by atoms with Gasteiger partial charge in [-0.05, 0) is 31.4 Å². The third kappa shape index (κ3) is 2.00. The molecule has 4 nitrogen and oxygen atoms in total. The fourth-order valence-corrected chi connectivity index (χ4v) is 4.54. The van der Waals surface area contributed by atoms with Crippen LogP contribution in [0.15, 0.2) is 53.7 Å². The van der Waals surface area contributed by atoms with E-state index >= 15 is 0 Å². The molecule has 126 valence electrons. The second kappa shape index (κ2) is 5.19. The van der Waals surface area contributed by atoms with Crippen LogP contribution in [0.2, 0.25) is 0 Å². The number of carbonyl (C=O) groups excluding carboxylic acids is 1. The molecule has 0 saturated carbocycles. The maximum Gasteiger partial charge on any atom is 0.236 e. The Morgan fingerprint density at radius 1 is 1.12 bits per heavy atom. The standard InChI is InChI=1S/C21H20N2O2/c1-12-7-9-14(10-8-12)18-17-20(25-22-18)19-16-6-4-3-5-15(16)11-13(2)23(19)21(17)24/h3-10,13,17,19-20H,11H2,1-2H3/t13-,17+,19+,20-/m0/s1. The van der Waals surface area contributed by atoms with Gasteiger partial charge in [-0.2, -0.15) is 0 Å². The van der Waals surface area contributed by atoms with Crippen LogP contribution in [0.5, 0.6) is 0 Å². The number of aryl methyl sites for hydroxylation is 1. The van der Waals surface area contributed by atoms with Crippen LogP contribution in [0.3, 0.4) is 0 Å². The lowest BCUT2D eigenvalue weighted by atomic mass is 9.86. The highest BCUT2D eigenvalue weighted by Gasteiger charge is 2.58. The number of fused-ring (bicyclic) bond motifs is 5. The smallest absolute Gasteiger partial charge is 0.236 e. The topological polar surface area (TPSA) is 41.9 Å². The predicted octanol–water partition coefficient (Wildman–Crippen LogP) is 3.24. The SMILES string of the molecule is Cc1ccc(C2=NO[C@H]3[C@@H]2C(=O)N2[C@@H]3c3ccccc3C[C@@H]2C)cc1. The molecule has 3 aliphatic heterocycles. The van der Waals surface area contributed by atoms with E-state index in [2.05, 4.69) is 49.3 Å². The van der Waals surface area contributed by atoms with E-state index in [1.165, 1.54) is 16.7 Å². The molecule has 3 heterocycles. The van der Waals surface area contributed by atoms with Crippen LogP contribution in [-0.2, 0) is 16.1 Å². The molecule has 1 saturated heterocycles. The summed E-state index contributed by atoms with van der Waals surface area (Å²) in [5.74, 6) is -0.157. The minimum Gasteiger partial charge on any atom is -0.388 e. The summed E-state index contributed by atoms with van der Waals surface area (Å²) in [6.45, 7) is 4.18. The molecule has 25 heavy (non-hydrogen) atoms. The molecule has 0 aliphatic carbocycles. The lowest BCUT2D eigenvalue weighted by molar-refractivity contribution is -0.132. The Balaban J connectivity index is 1.58. The Hall–Kier alpha value is -2.62. The molecule has 0 radical (unpaired) electrons. The fraction of sp³-hybridized carbons (Fsp3) is 0.333. The number of hydrogen-bond donors (Lipinski definition) is 0. The van der Waals surface area contributed by atoms with E-state index in [1.54, 1.807) is 0 Å². The molecule has 3 aliphatic rings. The van der Waals surface area contributed by atoms with Crippen LogP contribution in [0.1, 0.15) is 35.2 Å². The minimum atomic E-state index is -0.304. The number of nitrogens with zero attached hydrogens (tertiary/aromatic N) is 2. The first-order chi connectivity index (χ1) is 12.1. The van der Waals surface area contributed by atoms with Crippen LogP contribution in [0.25, 0.3) is 0 Å². The summed E-state index contributed by atoms with van der Waals surface area (Å²) in [6.07, 6.45) is 0.669. The Kier molecular flexibility index (Phi) is 3.05. The highest BCUT2D eigenvalue weighted by molar-refractivity contribution is 6.15. The van der Waals surface area contributed by atoms with Crippen molar-refractivity contribution >= 4 is 11.6 Å². The number of hydrogen-bond acceptors (Lipinski definition) is 3. The van der Waals surface area contributed by atoms with E-state index in [0.717, 1.165) is 17.7 Å². The molecule has 0 N–H and O–H groups in total. The second-order valence-corrected chi connectivity index (χ2v) is 7.33. The molecule has 2 aromatic carbocycles. The molecule has 1 amide bonds. The Morgan fingerprint density at radius 2 is 1.88 bits per heavy atom. The Morgan fingerprint density at radius 3 is 2.68 bits per heavy atom. The van der Waals surface area contributed by atoms with E-state index in [0.29, 0.717) is 0 Å². The normalized spacial score (nSPS) is 29.6. The van der Waals surface area contributed by atoms with Gasteiger partial charge < -0.3 is 9.74 Å². The minimum absolute atomic E-state index is 0.0378. The van der Waals surface area contributed by atoms with Crippen molar-refractivity contribution in [2.75, 3.05) is 0 Å². The van der Waals surface area contributed by atoms with Crippen molar-refractivity contribution in [1.82, 2.24) is 4.90 Å². The van der Waals surface area contributed by atoms with Gasteiger partial charge in [-0.1, -0.05) is 59.3 Å². The predicted molar refractivity (Wildman–Crippen MR) is 95.3 cm³/mol. The third-order valence-corrected chi connectivity index (χ3v) is 5.74. The number of benzene rings is 2. The van der Waals surface area contributed by atoms with Gasteiger partial charge in [-0.3, -0.25) is 4.79 Å². The highest BCUT2D eigenvalue weighted by atomic mass is 16.6. The Bertz CT molecular complexity index is 887.